The van der Waals surface area contributed by atoms with E-state index in [1.165, 1.54) is 23.5 Å². The summed E-state index contributed by atoms with van der Waals surface area (Å²) >= 11 is 6.11. The number of para-hydroxylation sites is 1. The van der Waals surface area contributed by atoms with Gasteiger partial charge in [0.2, 0.25) is 5.91 Å². The molecule has 3 rings (SSSR count). The summed E-state index contributed by atoms with van der Waals surface area (Å²) in [7, 11) is -2.17. The van der Waals surface area contributed by atoms with Gasteiger partial charge in [0.25, 0.3) is 10.0 Å². The molecule has 150 valence electrons. The number of nitrogens with one attached hydrogen (secondary N) is 1. The van der Waals surface area contributed by atoms with Gasteiger partial charge in [-0.25, -0.2) is 8.42 Å². The highest BCUT2D eigenvalue weighted by Crippen LogP contribution is 2.23. The monoisotopic (exact) mass is 428 g/mol. The number of halogens is 1. The van der Waals surface area contributed by atoms with Crippen molar-refractivity contribution < 1.29 is 13.2 Å². The van der Waals surface area contributed by atoms with E-state index in [0.717, 1.165) is 5.56 Å². The number of carbonyl (C=O) groups is 1. The van der Waals surface area contributed by atoms with E-state index in [4.69, 9.17) is 11.6 Å². The van der Waals surface area contributed by atoms with Gasteiger partial charge in [0.1, 0.15) is 0 Å². The van der Waals surface area contributed by atoms with Crippen LogP contribution < -0.4 is 9.62 Å². The van der Waals surface area contributed by atoms with Crippen molar-refractivity contribution in [2.75, 3.05) is 16.7 Å². The quantitative estimate of drug-likeness (QED) is 0.591. The molecule has 1 N–H and O–H groups in total. The van der Waals surface area contributed by atoms with Gasteiger partial charge >= 0.3 is 0 Å². The Balaban J connectivity index is 1.64. The van der Waals surface area contributed by atoms with E-state index in [-0.39, 0.29) is 17.2 Å². The van der Waals surface area contributed by atoms with Gasteiger partial charge in [0, 0.05) is 24.2 Å². The first-order valence-electron chi connectivity index (χ1n) is 9.05. The Morgan fingerprint density at radius 1 is 0.931 bits per heavy atom. The number of benzene rings is 3. The average molecular weight is 429 g/mol. The zero-order valence-corrected chi connectivity index (χ0v) is 17.5. The minimum atomic E-state index is -3.68. The van der Waals surface area contributed by atoms with E-state index < -0.39 is 10.0 Å². The summed E-state index contributed by atoms with van der Waals surface area (Å²) in [5, 5.41) is 3.42. The van der Waals surface area contributed by atoms with Crippen LogP contribution >= 0.6 is 11.6 Å². The number of hydrogen-bond acceptors (Lipinski definition) is 3. The second-order valence-corrected chi connectivity index (χ2v) is 8.85. The Kier molecular flexibility index (Phi) is 6.56. The molecular formula is C22H21ClN2O3S. The van der Waals surface area contributed by atoms with Crippen molar-refractivity contribution in [2.24, 2.45) is 0 Å². The minimum absolute atomic E-state index is 0.151. The van der Waals surface area contributed by atoms with Crippen LogP contribution in [0.1, 0.15) is 12.0 Å². The molecule has 0 unspecified atom stereocenters. The highest BCUT2D eigenvalue weighted by atomic mass is 35.5. The summed E-state index contributed by atoms with van der Waals surface area (Å²) in [6, 6.07) is 22.4. The maximum absolute atomic E-state index is 12.8. The zero-order valence-electron chi connectivity index (χ0n) is 15.9. The second kappa shape index (κ2) is 9.11. The summed E-state index contributed by atoms with van der Waals surface area (Å²) in [5.41, 5.74) is 2.02. The van der Waals surface area contributed by atoms with Gasteiger partial charge in [-0.15, -0.1) is 0 Å². The highest BCUT2D eigenvalue weighted by Gasteiger charge is 2.21. The third-order valence-electron chi connectivity index (χ3n) is 4.50. The third-order valence-corrected chi connectivity index (χ3v) is 6.66. The van der Waals surface area contributed by atoms with Crippen molar-refractivity contribution in [2.45, 2.75) is 17.7 Å². The van der Waals surface area contributed by atoms with Crippen molar-refractivity contribution in [1.29, 1.82) is 0 Å². The van der Waals surface area contributed by atoms with Crippen molar-refractivity contribution in [3.8, 4) is 0 Å². The van der Waals surface area contributed by atoms with Crippen LogP contribution in [0.15, 0.2) is 83.8 Å². The number of anilines is 2. The predicted molar refractivity (Wildman–Crippen MR) is 117 cm³/mol. The second-order valence-electron chi connectivity index (χ2n) is 6.47. The van der Waals surface area contributed by atoms with Crippen molar-refractivity contribution in [3.05, 3.63) is 89.4 Å². The molecule has 0 aromatic heterocycles. The molecule has 5 nitrogen and oxygen atoms in total. The standard InChI is InChI=1S/C22H21ClN2O3S/c1-25(19-8-3-2-4-9-19)29(27,28)20-14-12-18(13-15-20)24-22(26)16-11-17-7-5-6-10-21(17)23/h2-10,12-15H,11,16H2,1H3,(H,24,26). The summed E-state index contributed by atoms with van der Waals surface area (Å²) in [6.07, 6.45) is 0.806. The third kappa shape index (κ3) is 5.16. The fraction of sp³-hybridized carbons (Fsp3) is 0.136. The first-order chi connectivity index (χ1) is 13.9. The molecule has 0 aliphatic carbocycles. The summed E-state index contributed by atoms with van der Waals surface area (Å²) in [4.78, 5) is 12.3. The molecule has 0 atom stereocenters. The molecule has 3 aromatic carbocycles. The molecule has 0 fully saturated rings. The van der Waals surface area contributed by atoms with E-state index in [0.29, 0.717) is 22.8 Å². The maximum Gasteiger partial charge on any atom is 0.264 e. The molecule has 0 radical (unpaired) electrons. The molecule has 0 aliphatic heterocycles. The Morgan fingerprint density at radius 3 is 2.21 bits per heavy atom. The fourth-order valence-electron chi connectivity index (χ4n) is 2.82. The van der Waals surface area contributed by atoms with Crippen LogP contribution in [0, 0.1) is 0 Å². The number of amides is 1. The number of carbonyl (C=O) groups excluding carboxylic acids is 1. The Morgan fingerprint density at radius 2 is 1.55 bits per heavy atom. The highest BCUT2D eigenvalue weighted by molar-refractivity contribution is 7.92. The van der Waals surface area contributed by atoms with Gasteiger partial charge in [0.15, 0.2) is 0 Å². The first kappa shape index (κ1) is 20.9. The molecule has 0 spiro atoms. The molecule has 1 amide bonds. The van der Waals surface area contributed by atoms with Crippen LogP contribution in [0.3, 0.4) is 0 Å². The maximum atomic E-state index is 12.8. The largest absolute Gasteiger partial charge is 0.326 e. The van der Waals surface area contributed by atoms with Crippen molar-refractivity contribution in [1.82, 2.24) is 0 Å². The van der Waals surface area contributed by atoms with Gasteiger partial charge in [-0.2, -0.15) is 0 Å². The number of nitrogens with zero attached hydrogens (tertiary/aromatic N) is 1. The smallest absolute Gasteiger partial charge is 0.264 e. The van der Waals surface area contributed by atoms with Crippen LogP contribution in [-0.4, -0.2) is 21.4 Å². The van der Waals surface area contributed by atoms with Gasteiger partial charge in [-0.3, -0.25) is 9.10 Å². The van der Waals surface area contributed by atoms with Gasteiger partial charge in [0.05, 0.1) is 10.6 Å². The Hall–Kier alpha value is -2.83. The van der Waals surface area contributed by atoms with E-state index in [2.05, 4.69) is 5.32 Å². The lowest BCUT2D eigenvalue weighted by Crippen LogP contribution is -2.26. The molecule has 0 saturated carbocycles. The number of hydrogen-bond donors (Lipinski definition) is 1. The minimum Gasteiger partial charge on any atom is -0.326 e. The van der Waals surface area contributed by atoms with E-state index >= 15 is 0 Å². The van der Waals surface area contributed by atoms with E-state index in [1.807, 2.05) is 24.3 Å². The zero-order chi connectivity index (χ0) is 20.9. The fourth-order valence-corrected chi connectivity index (χ4v) is 4.24. The van der Waals surface area contributed by atoms with Gasteiger partial charge < -0.3 is 5.32 Å². The molecule has 0 bridgehead atoms. The Bertz CT molecular complexity index is 1080. The average Bonchev–Trinajstić information content (AvgIpc) is 2.73. The molecular weight excluding hydrogens is 408 g/mol. The molecule has 0 aliphatic rings. The van der Waals surface area contributed by atoms with Crippen molar-refractivity contribution >= 4 is 38.9 Å². The predicted octanol–water partition coefficient (Wildman–Crippen LogP) is 4.74. The van der Waals surface area contributed by atoms with Gasteiger partial charge in [-0.05, 0) is 54.4 Å². The SMILES string of the molecule is CN(c1ccccc1)S(=O)(=O)c1ccc(NC(=O)CCc2ccccc2Cl)cc1. The summed E-state index contributed by atoms with van der Waals surface area (Å²) < 4.78 is 26.8. The van der Waals surface area contributed by atoms with Crippen LogP contribution in [0.4, 0.5) is 11.4 Å². The lowest BCUT2D eigenvalue weighted by Gasteiger charge is -2.19. The summed E-state index contributed by atoms with van der Waals surface area (Å²) in [6.45, 7) is 0. The lowest BCUT2D eigenvalue weighted by atomic mass is 10.1. The number of rotatable bonds is 7. The van der Waals surface area contributed by atoms with Crippen LogP contribution in [0.5, 0.6) is 0 Å². The molecule has 7 heteroatoms. The van der Waals surface area contributed by atoms with Crippen LogP contribution in [0.25, 0.3) is 0 Å². The molecule has 29 heavy (non-hydrogen) atoms. The van der Waals surface area contributed by atoms with Crippen LogP contribution in [-0.2, 0) is 21.2 Å². The molecule has 0 saturated heterocycles. The van der Waals surface area contributed by atoms with Crippen molar-refractivity contribution in [3.63, 3.8) is 0 Å². The number of aryl methyl sites for hydroxylation is 1. The lowest BCUT2D eigenvalue weighted by molar-refractivity contribution is -0.116. The first-order valence-corrected chi connectivity index (χ1v) is 10.9. The summed E-state index contributed by atoms with van der Waals surface area (Å²) in [5.74, 6) is -0.165. The Labute approximate surface area is 176 Å². The molecule has 0 heterocycles. The normalized spacial score (nSPS) is 11.1. The topological polar surface area (TPSA) is 66.5 Å². The van der Waals surface area contributed by atoms with E-state index in [9.17, 15) is 13.2 Å². The van der Waals surface area contributed by atoms with E-state index in [1.54, 1.807) is 42.5 Å². The molecule has 3 aromatic rings. The number of sulfonamides is 1. The van der Waals surface area contributed by atoms with Crippen LogP contribution in [0.2, 0.25) is 5.02 Å². The van der Waals surface area contributed by atoms with Gasteiger partial charge in [-0.1, -0.05) is 48.0 Å².